The van der Waals surface area contributed by atoms with Crippen molar-refractivity contribution in [3.8, 4) is 0 Å². The van der Waals surface area contributed by atoms with Crippen LogP contribution in [0.4, 0.5) is 11.4 Å². The molecule has 10 nitrogen and oxygen atoms in total. The summed E-state index contributed by atoms with van der Waals surface area (Å²) in [6, 6.07) is 15.7. The van der Waals surface area contributed by atoms with Crippen LogP contribution < -0.4 is 33.1 Å². The van der Waals surface area contributed by atoms with E-state index in [1.165, 1.54) is 0 Å². The second kappa shape index (κ2) is 11.3. The zero-order chi connectivity index (χ0) is 21.1. The molecule has 0 saturated carbocycles. The van der Waals surface area contributed by atoms with E-state index in [4.69, 9.17) is 57.5 Å². The number of aliphatic imine (C=N–C) groups is 3. The Morgan fingerprint density at radius 2 is 1.36 bits per heavy atom. The molecular formula is C16H20Cl2N10. The summed E-state index contributed by atoms with van der Waals surface area (Å²) in [7, 11) is 0. The Balaban J connectivity index is 0.000000280. The van der Waals surface area contributed by atoms with Crippen LogP contribution in [0, 0.1) is 5.41 Å². The van der Waals surface area contributed by atoms with E-state index >= 15 is 0 Å². The first-order valence-corrected chi connectivity index (χ1v) is 8.29. The van der Waals surface area contributed by atoms with Crippen molar-refractivity contribution in [2.45, 2.75) is 0 Å². The zero-order valence-corrected chi connectivity index (χ0v) is 16.1. The second-order valence-corrected chi connectivity index (χ2v) is 5.73. The maximum atomic E-state index is 7.41. The molecule has 0 aliphatic carbocycles. The molecule has 0 aliphatic heterocycles. The first-order valence-electron chi connectivity index (χ1n) is 7.57. The number of nitrogens with zero attached hydrogens (tertiary/aromatic N) is 4. The molecule has 0 atom stereocenters. The smallest absolute Gasteiger partial charge is 0.240 e. The van der Waals surface area contributed by atoms with Crippen molar-refractivity contribution in [3.05, 3.63) is 59.6 Å². The summed E-state index contributed by atoms with van der Waals surface area (Å²) in [6.07, 6.45) is 0. The van der Waals surface area contributed by atoms with Crippen molar-refractivity contribution >= 4 is 58.6 Å². The molecule has 0 aromatic heterocycles. The van der Waals surface area contributed by atoms with Gasteiger partial charge in [-0.2, -0.15) is 9.98 Å². The van der Waals surface area contributed by atoms with Gasteiger partial charge in [-0.25, -0.2) is 9.41 Å². The van der Waals surface area contributed by atoms with Gasteiger partial charge in [-0.15, -0.1) is 0 Å². The molecule has 0 heterocycles. The van der Waals surface area contributed by atoms with Crippen molar-refractivity contribution in [1.29, 1.82) is 5.41 Å². The Morgan fingerprint density at radius 3 is 1.86 bits per heavy atom. The topological polar surface area (TPSA) is 194 Å². The van der Waals surface area contributed by atoms with Crippen molar-refractivity contribution in [1.82, 2.24) is 0 Å². The average Bonchev–Trinajstić information content (AvgIpc) is 2.63. The van der Waals surface area contributed by atoms with Gasteiger partial charge in [0.05, 0.1) is 11.4 Å². The van der Waals surface area contributed by atoms with Gasteiger partial charge < -0.3 is 28.7 Å². The summed E-state index contributed by atoms with van der Waals surface area (Å²) in [5, 5.41) is 8.04. The molecule has 2 aromatic rings. The highest BCUT2D eigenvalue weighted by atomic mass is 35.5. The Hall–Kier alpha value is -3.50. The molecule has 0 radical (unpaired) electrons. The Kier molecular flexibility index (Phi) is 9.07. The summed E-state index contributed by atoms with van der Waals surface area (Å²) in [5.41, 5.74) is 27.1. The molecule has 148 valence electrons. The fourth-order valence-corrected chi connectivity index (χ4v) is 1.93. The molecule has 0 aliphatic rings. The lowest BCUT2D eigenvalue weighted by molar-refractivity contribution is 1.31. The van der Waals surface area contributed by atoms with Crippen LogP contribution in [-0.4, -0.2) is 23.8 Å². The molecule has 0 unspecified atom stereocenters. The van der Waals surface area contributed by atoms with Gasteiger partial charge >= 0.3 is 0 Å². The summed E-state index contributed by atoms with van der Waals surface area (Å²) >= 11 is 11.5. The Morgan fingerprint density at radius 1 is 0.821 bits per heavy atom. The Labute approximate surface area is 172 Å². The van der Waals surface area contributed by atoms with E-state index in [2.05, 4.69) is 15.0 Å². The highest BCUT2D eigenvalue weighted by Crippen LogP contribution is 2.16. The standard InChI is InChI=1S/2C8H10ClN5/c9-5-1-3-6(4-2-5)13-8(12)14-7(10)11;9-14(8(12)13-7(10)11)6-4-2-1-3-5-6/h1-4H,(H6,10,11,12,13,14);1-5H,(H5,10,11,12,13). The Bertz CT molecular complexity index is 855. The van der Waals surface area contributed by atoms with Gasteiger partial charge in [0, 0.05) is 16.8 Å². The molecule has 0 fully saturated rings. The van der Waals surface area contributed by atoms with Gasteiger partial charge in [-0.1, -0.05) is 29.8 Å². The maximum Gasteiger partial charge on any atom is 0.240 e. The van der Waals surface area contributed by atoms with Crippen LogP contribution in [0.3, 0.4) is 0 Å². The van der Waals surface area contributed by atoms with Crippen molar-refractivity contribution in [2.24, 2.45) is 43.6 Å². The lowest BCUT2D eigenvalue weighted by Crippen LogP contribution is -2.28. The van der Waals surface area contributed by atoms with E-state index in [1.54, 1.807) is 48.5 Å². The van der Waals surface area contributed by atoms with Gasteiger partial charge in [0.15, 0.2) is 11.9 Å². The van der Waals surface area contributed by atoms with Crippen molar-refractivity contribution in [3.63, 3.8) is 0 Å². The number of anilines is 1. The minimum atomic E-state index is -0.224. The molecular weight excluding hydrogens is 403 g/mol. The molecule has 0 saturated heterocycles. The predicted molar refractivity (Wildman–Crippen MR) is 117 cm³/mol. The molecule has 0 amide bonds. The average molecular weight is 423 g/mol. The van der Waals surface area contributed by atoms with Crippen LogP contribution in [0.5, 0.6) is 0 Å². The number of hydrogen-bond acceptors (Lipinski definition) is 2. The zero-order valence-electron chi connectivity index (χ0n) is 14.6. The molecule has 2 rings (SSSR count). The number of halogens is 2. The van der Waals surface area contributed by atoms with Crippen LogP contribution >= 0.6 is 23.4 Å². The second-order valence-electron chi connectivity index (χ2n) is 4.96. The van der Waals surface area contributed by atoms with E-state index in [0.29, 0.717) is 16.4 Å². The van der Waals surface area contributed by atoms with Gasteiger partial charge in [0.25, 0.3) is 0 Å². The molecule has 0 spiro atoms. The summed E-state index contributed by atoms with van der Waals surface area (Å²) in [5.74, 6) is -0.540. The normalized spacial score (nSPS) is 10.1. The highest BCUT2D eigenvalue weighted by Gasteiger charge is 2.07. The fraction of sp³-hybridized carbons (Fsp3) is 0. The van der Waals surface area contributed by atoms with Crippen LogP contribution in [-0.2, 0) is 0 Å². The van der Waals surface area contributed by atoms with Crippen LogP contribution in [0.1, 0.15) is 0 Å². The number of nitrogens with one attached hydrogen (secondary N) is 1. The number of hydrogen-bond donors (Lipinski definition) is 6. The van der Waals surface area contributed by atoms with Crippen molar-refractivity contribution < 1.29 is 0 Å². The first kappa shape index (κ1) is 22.5. The van der Waals surface area contributed by atoms with E-state index in [-0.39, 0.29) is 23.8 Å². The van der Waals surface area contributed by atoms with Crippen LogP contribution in [0.25, 0.3) is 0 Å². The first-order chi connectivity index (χ1) is 13.2. The van der Waals surface area contributed by atoms with Gasteiger partial charge in [0.2, 0.25) is 11.9 Å². The third-order valence-corrected chi connectivity index (χ3v) is 3.33. The predicted octanol–water partition coefficient (Wildman–Crippen LogP) is 1.41. The van der Waals surface area contributed by atoms with E-state index in [1.807, 2.05) is 6.07 Å². The third-order valence-electron chi connectivity index (χ3n) is 2.72. The van der Waals surface area contributed by atoms with Gasteiger partial charge in [0.1, 0.15) is 0 Å². The number of rotatable bonds is 2. The van der Waals surface area contributed by atoms with Crippen molar-refractivity contribution in [2.75, 3.05) is 4.42 Å². The van der Waals surface area contributed by atoms with Gasteiger partial charge in [-0.05, 0) is 36.4 Å². The lowest BCUT2D eigenvalue weighted by Gasteiger charge is -2.12. The minimum absolute atomic E-state index is 0.00678. The summed E-state index contributed by atoms with van der Waals surface area (Å²) < 4.78 is 1.06. The SMILES string of the molecule is N=C(N=C(N)N)N(Cl)c1ccccc1.NC(N)=NC(N)=Nc1ccc(Cl)cc1. The van der Waals surface area contributed by atoms with Crippen LogP contribution in [0.15, 0.2) is 69.6 Å². The largest absolute Gasteiger partial charge is 0.370 e. The number of benzene rings is 2. The maximum absolute atomic E-state index is 7.41. The fourth-order valence-electron chi connectivity index (χ4n) is 1.65. The summed E-state index contributed by atoms with van der Waals surface area (Å²) in [6.45, 7) is 0. The lowest BCUT2D eigenvalue weighted by atomic mass is 10.3. The summed E-state index contributed by atoms with van der Waals surface area (Å²) in [4.78, 5) is 11.0. The van der Waals surface area contributed by atoms with Gasteiger partial charge in [-0.3, -0.25) is 5.41 Å². The monoisotopic (exact) mass is 422 g/mol. The third kappa shape index (κ3) is 8.74. The highest BCUT2D eigenvalue weighted by molar-refractivity contribution is 6.37. The number of guanidine groups is 4. The molecule has 2 aromatic carbocycles. The molecule has 28 heavy (non-hydrogen) atoms. The van der Waals surface area contributed by atoms with E-state index in [0.717, 1.165) is 4.42 Å². The van der Waals surface area contributed by atoms with E-state index in [9.17, 15) is 0 Å². The minimum Gasteiger partial charge on any atom is -0.370 e. The molecule has 12 heteroatoms. The molecule has 0 bridgehead atoms. The quantitative estimate of drug-likeness (QED) is 0.240. The van der Waals surface area contributed by atoms with E-state index < -0.39 is 0 Å². The number of para-hydroxylation sites is 1. The number of nitrogens with two attached hydrogens (primary N) is 5. The molecule has 11 N–H and O–H groups in total. The van der Waals surface area contributed by atoms with Crippen LogP contribution in [0.2, 0.25) is 5.02 Å².